The molecule has 0 atom stereocenters. The van der Waals surface area contributed by atoms with E-state index in [1.54, 1.807) is 0 Å². The highest BCUT2D eigenvalue weighted by molar-refractivity contribution is 6.32. The molecule has 0 heterocycles. The average Bonchev–Trinajstić information content (AvgIpc) is 2.56. The molecule has 100 valence electrons. The van der Waals surface area contributed by atoms with E-state index >= 15 is 0 Å². The summed E-state index contributed by atoms with van der Waals surface area (Å²) in [5.41, 5.74) is 6.24. The van der Waals surface area contributed by atoms with Crippen LogP contribution in [0.4, 0.5) is 0 Å². The van der Waals surface area contributed by atoms with Crippen LogP contribution < -0.4 is 5.46 Å². The fourth-order valence-corrected chi connectivity index (χ4v) is 2.40. The molecule has 1 heteroatoms. The van der Waals surface area contributed by atoms with Crippen molar-refractivity contribution in [3.05, 3.63) is 102 Å². The third-order valence-corrected chi connectivity index (χ3v) is 3.56. The van der Waals surface area contributed by atoms with Gasteiger partial charge in [-0.05, 0) is 28.3 Å². The minimum atomic E-state index is 1.23. The standard InChI is InChI=1S/C20H17B/c21-19-13-11-16(12-14-19)15-20(17-7-3-1-4-8-17)18-9-5-2-6-10-18/h1-15H,21H2. The molecule has 0 aliphatic heterocycles. The van der Waals surface area contributed by atoms with E-state index in [2.05, 4.69) is 98.9 Å². The topological polar surface area (TPSA) is 0 Å². The van der Waals surface area contributed by atoms with Gasteiger partial charge < -0.3 is 0 Å². The first-order chi connectivity index (χ1) is 10.3. The first-order valence-corrected chi connectivity index (χ1v) is 7.22. The van der Waals surface area contributed by atoms with Crippen LogP contribution in [0.3, 0.4) is 0 Å². The largest absolute Gasteiger partial charge is 0.139 e. The van der Waals surface area contributed by atoms with E-state index in [1.165, 1.54) is 27.7 Å². The van der Waals surface area contributed by atoms with Gasteiger partial charge in [-0.25, -0.2) is 0 Å². The van der Waals surface area contributed by atoms with E-state index < -0.39 is 0 Å². The van der Waals surface area contributed by atoms with Gasteiger partial charge in [-0.1, -0.05) is 90.4 Å². The van der Waals surface area contributed by atoms with Crippen LogP contribution in [0.5, 0.6) is 0 Å². The summed E-state index contributed by atoms with van der Waals surface area (Å²) in [6, 6.07) is 29.7. The van der Waals surface area contributed by atoms with Gasteiger partial charge in [0.05, 0.1) is 0 Å². The molecule has 3 aromatic carbocycles. The third kappa shape index (κ3) is 3.32. The van der Waals surface area contributed by atoms with Gasteiger partial charge in [0.1, 0.15) is 7.85 Å². The molecule has 0 spiro atoms. The summed E-state index contributed by atoms with van der Waals surface area (Å²) in [5.74, 6) is 0. The van der Waals surface area contributed by atoms with Crippen LogP contribution in [0.25, 0.3) is 11.6 Å². The molecule has 3 rings (SSSR count). The lowest BCUT2D eigenvalue weighted by Gasteiger charge is -2.09. The summed E-state index contributed by atoms with van der Waals surface area (Å²) in [7, 11) is 2.11. The van der Waals surface area contributed by atoms with Gasteiger partial charge in [0, 0.05) is 0 Å². The second-order valence-corrected chi connectivity index (χ2v) is 5.20. The lowest BCUT2D eigenvalue weighted by Crippen LogP contribution is -1.99. The molecule has 0 N–H and O–H groups in total. The highest BCUT2D eigenvalue weighted by atomic mass is 14.1. The Balaban J connectivity index is 2.10. The number of benzene rings is 3. The summed E-state index contributed by atoms with van der Waals surface area (Å²) in [4.78, 5) is 0. The molecule has 21 heavy (non-hydrogen) atoms. The smallest absolute Gasteiger partial charge is 0.0889 e. The SMILES string of the molecule is Bc1ccc(C=C(c2ccccc2)c2ccccc2)cc1. The molecule has 0 unspecified atom stereocenters. The van der Waals surface area contributed by atoms with E-state index in [4.69, 9.17) is 0 Å². The zero-order valence-corrected chi connectivity index (χ0v) is 12.2. The molecule has 0 nitrogen and oxygen atoms in total. The predicted octanol–water partition coefficient (Wildman–Crippen LogP) is 3.53. The zero-order chi connectivity index (χ0) is 14.5. The minimum Gasteiger partial charge on any atom is -0.0889 e. The van der Waals surface area contributed by atoms with Crippen LogP contribution in [0.15, 0.2) is 84.9 Å². The van der Waals surface area contributed by atoms with Gasteiger partial charge in [-0.3, -0.25) is 0 Å². The second-order valence-electron chi connectivity index (χ2n) is 5.20. The predicted molar refractivity (Wildman–Crippen MR) is 94.5 cm³/mol. The highest BCUT2D eigenvalue weighted by Gasteiger charge is 2.04. The molecule has 3 aromatic rings. The maximum Gasteiger partial charge on any atom is 0.139 e. The summed E-state index contributed by atoms with van der Waals surface area (Å²) in [6.07, 6.45) is 2.25. The van der Waals surface area contributed by atoms with Crippen molar-refractivity contribution in [3.63, 3.8) is 0 Å². The van der Waals surface area contributed by atoms with Crippen molar-refractivity contribution in [2.75, 3.05) is 0 Å². The first kappa shape index (κ1) is 13.4. The quantitative estimate of drug-likeness (QED) is 0.503. The van der Waals surface area contributed by atoms with Crippen molar-refractivity contribution in [2.45, 2.75) is 0 Å². The van der Waals surface area contributed by atoms with E-state index in [1.807, 2.05) is 0 Å². The van der Waals surface area contributed by atoms with E-state index in [-0.39, 0.29) is 0 Å². The Labute approximate surface area is 127 Å². The molecule has 0 bridgehead atoms. The fraction of sp³-hybridized carbons (Fsp3) is 0. The molecule has 0 aliphatic carbocycles. The van der Waals surface area contributed by atoms with Crippen LogP contribution in [-0.4, -0.2) is 7.85 Å². The second kappa shape index (κ2) is 6.28. The van der Waals surface area contributed by atoms with Gasteiger partial charge >= 0.3 is 0 Å². The van der Waals surface area contributed by atoms with Crippen molar-refractivity contribution >= 4 is 25.0 Å². The Bertz CT molecular complexity index is 684. The molecule has 0 radical (unpaired) electrons. The van der Waals surface area contributed by atoms with E-state index in [0.29, 0.717) is 0 Å². The average molecular weight is 268 g/mol. The fourth-order valence-electron chi connectivity index (χ4n) is 2.40. The maximum atomic E-state index is 2.25. The van der Waals surface area contributed by atoms with Crippen molar-refractivity contribution in [1.82, 2.24) is 0 Å². The Kier molecular flexibility index (Phi) is 4.02. The summed E-state index contributed by atoms with van der Waals surface area (Å²) >= 11 is 0. The summed E-state index contributed by atoms with van der Waals surface area (Å²) in [5, 5.41) is 0. The maximum absolute atomic E-state index is 2.25. The monoisotopic (exact) mass is 268 g/mol. The van der Waals surface area contributed by atoms with Crippen LogP contribution in [0.1, 0.15) is 16.7 Å². The molecular formula is C20H17B. The summed E-state index contributed by atoms with van der Waals surface area (Å²) < 4.78 is 0. The van der Waals surface area contributed by atoms with Crippen molar-refractivity contribution < 1.29 is 0 Å². The van der Waals surface area contributed by atoms with Crippen LogP contribution in [-0.2, 0) is 0 Å². The van der Waals surface area contributed by atoms with Gasteiger partial charge in [-0.2, -0.15) is 0 Å². The van der Waals surface area contributed by atoms with Crippen molar-refractivity contribution in [3.8, 4) is 0 Å². The van der Waals surface area contributed by atoms with Crippen molar-refractivity contribution in [2.24, 2.45) is 0 Å². The van der Waals surface area contributed by atoms with Gasteiger partial charge in [0.25, 0.3) is 0 Å². The minimum absolute atomic E-state index is 1.23. The van der Waals surface area contributed by atoms with Crippen LogP contribution in [0, 0.1) is 0 Å². The Morgan fingerprint density at radius 2 is 1.10 bits per heavy atom. The number of rotatable bonds is 3. The molecule has 0 amide bonds. The Morgan fingerprint density at radius 1 is 0.619 bits per heavy atom. The molecule has 0 aliphatic rings. The van der Waals surface area contributed by atoms with E-state index in [9.17, 15) is 0 Å². The first-order valence-electron chi connectivity index (χ1n) is 7.22. The van der Waals surface area contributed by atoms with Crippen LogP contribution in [0.2, 0.25) is 0 Å². The normalized spacial score (nSPS) is 10.1. The molecule has 0 saturated carbocycles. The Hall–Kier alpha value is -2.54. The molecule has 0 aromatic heterocycles. The van der Waals surface area contributed by atoms with Gasteiger partial charge in [0.2, 0.25) is 0 Å². The lowest BCUT2D eigenvalue weighted by molar-refractivity contribution is 1.55. The summed E-state index contributed by atoms with van der Waals surface area (Å²) in [6.45, 7) is 0. The number of hydrogen-bond donors (Lipinski definition) is 0. The third-order valence-electron chi connectivity index (χ3n) is 3.56. The highest BCUT2D eigenvalue weighted by Crippen LogP contribution is 2.25. The lowest BCUT2D eigenvalue weighted by atomic mass is 9.93. The molecular weight excluding hydrogens is 251 g/mol. The number of hydrogen-bond acceptors (Lipinski definition) is 0. The van der Waals surface area contributed by atoms with E-state index in [0.717, 1.165) is 0 Å². The van der Waals surface area contributed by atoms with Gasteiger partial charge in [0.15, 0.2) is 0 Å². The molecule has 0 fully saturated rings. The van der Waals surface area contributed by atoms with Gasteiger partial charge in [-0.15, -0.1) is 0 Å². The van der Waals surface area contributed by atoms with Crippen LogP contribution >= 0.6 is 0 Å². The van der Waals surface area contributed by atoms with Crippen molar-refractivity contribution in [1.29, 1.82) is 0 Å². The zero-order valence-electron chi connectivity index (χ0n) is 12.2. The molecule has 0 saturated heterocycles. The Morgan fingerprint density at radius 3 is 1.57 bits per heavy atom.